The molecule has 15 heavy (non-hydrogen) atoms. The highest BCUT2D eigenvalue weighted by molar-refractivity contribution is 5.88. The standard InChI is InChI=1S/C8H6F3NO3/c1-15-7(14)5-2-4(8(9,10)11)3-12-6(5)13/h2-3H,1H3,(H,12,13). The van der Waals surface area contributed by atoms with Crippen LogP contribution in [0.3, 0.4) is 0 Å². The number of alkyl halides is 3. The molecule has 7 heteroatoms. The maximum Gasteiger partial charge on any atom is 0.417 e. The predicted octanol–water partition coefficient (Wildman–Crippen LogP) is 1.18. The molecule has 0 aliphatic heterocycles. The summed E-state index contributed by atoms with van der Waals surface area (Å²) in [6.45, 7) is 0. The number of methoxy groups -OCH3 is 1. The molecule has 4 nitrogen and oxygen atoms in total. The largest absolute Gasteiger partial charge is 0.465 e. The molecule has 0 atom stereocenters. The average molecular weight is 221 g/mol. The summed E-state index contributed by atoms with van der Waals surface area (Å²) in [7, 11) is 0.974. The van der Waals surface area contributed by atoms with Gasteiger partial charge in [0.2, 0.25) is 0 Å². The van der Waals surface area contributed by atoms with Crippen molar-refractivity contribution >= 4 is 5.97 Å². The molecule has 0 fully saturated rings. The fourth-order valence-corrected chi connectivity index (χ4v) is 0.909. The van der Waals surface area contributed by atoms with Gasteiger partial charge in [-0.25, -0.2) is 4.79 Å². The number of hydrogen-bond donors (Lipinski definition) is 1. The highest BCUT2D eigenvalue weighted by atomic mass is 19.4. The van der Waals surface area contributed by atoms with E-state index >= 15 is 0 Å². The van der Waals surface area contributed by atoms with E-state index in [1.165, 1.54) is 0 Å². The van der Waals surface area contributed by atoms with Gasteiger partial charge >= 0.3 is 12.1 Å². The van der Waals surface area contributed by atoms with Crippen molar-refractivity contribution in [1.82, 2.24) is 4.98 Å². The Bertz CT molecular complexity index is 435. The molecule has 1 heterocycles. The molecule has 0 radical (unpaired) electrons. The first-order valence-corrected chi connectivity index (χ1v) is 3.74. The van der Waals surface area contributed by atoms with E-state index in [0.29, 0.717) is 12.3 Å². The summed E-state index contributed by atoms with van der Waals surface area (Å²) < 4.78 is 40.7. The lowest BCUT2D eigenvalue weighted by Crippen LogP contribution is -2.21. The van der Waals surface area contributed by atoms with Crippen molar-refractivity contribution in [2.24, 2.45) is 0 Å². The normalized spacial score (nSPS) is 11.2. The van der Waals surface area contributed by atoms with Gasteiger partial charge in [-0.05, 0) is 6.07 Å². The maximum atomic E-state index is 12.2. The second-order valence-corrected chi connectivity index (χ2v) is 2.62. The van der Waals surface area contributed by atoms with Crippen LogP contribution in [0.15, 0.2) is 17.1 Å². The van der Waals surface area contributed by atoms with Gasteiger partial charge in [-0.2, -0.15) is 13.2 Å². The van der Waals surface area contributed by atoms with Gasteiger partial charge in [0.1, 0.15) is 5.56 Å². The average Bonchev–Trinajstić information content (AvgIpc) is 2.15. The summed E-state index contributed by atoms with van der Waals surface area (Å²) in [6.07, 6.45) is -4.12. The number of aromatic nitrogens is 1. The first-order valence-electron chi connectivity index (χ1n) is 3.74. The lowest BCUT2D eigenvalue weighted by Gasteiger charge is -2.06. The summed E-state index contributed by atoms with van der Waals surface area (Å²) in [6, 6.07) is 0.449. The third-order valence-corrected chi connectivity index (χ3v) is 1.64. The molecule has 1 aromatic heterocycles. The lowest BCUT2D eigenvalue weighted by molar-refractivity contribution is -0.137. The number of hydrogen-bond acceptors (Lipinski definition) is 3. The SMILES string of the molecule is COC(=O)c1cc(C(F)(F)F)c[nH]c1=O. The van der Waals surface area contributed by atoms with E-state index in [4.69, 9.17) is 0 Å². The van der Waals surface area contributed by atoms with Crippen LogP contribution in [0.1, 0.15) is 15.9 Å². The Kier molecular flexibility index (Phi) is 2.83. The highest BCUT2D eigenvalue weighted by Crippen LogP contribution is 2.28. The number of ether oxygens (including phenoxy) is 1. The Hall–Kier alpha value is -1.79. The van der Waals surface area contributed by atoms with E-state index in [1.54, 1.807) is 0 Å². The van der Waals surface area contributed by atoms with Crippen molar-refractivity contribution in [2.45, 2.75) is 6.18 Å². The molecule has 0 aliphatic carbocycles. The Balaban J connectivity index is 3.29. The Morgan fingerprint density at radius 1 is 1.47 bits per heavy atom. The number of carbonyl (C=O) groups is 1. The molecular weight excluding hydrogens is 215 g/mol. The summed E-state index contributed by atoms with van der Waals surface area (Å²) >= 11 is 0. The molecule has 0 saturated heterocycles. The minimum Gasteiger partial charge on any atom is -0.465 e. The molecule has 82 valence electrons. The van der Waals surface area contributed by atoms with Crippen LogP contribution >= 0.6 is 0 Å². The first kappa shape index (κ1) is 11.3. The minimum atomic E-state index is -4.62. The van der Waals surface area contributed by atoms with Crippen LogP contribution in [0.2, 0.25) is 0 Å². The number of carbonyl (C=O) groups excluding carboxylic acids is 1. The van der Waals surface area contributed by atoms with Crippen molar-refractivity contribution < 1.29 is 22.7 Å². The van der Waals surface area contributed by atoms with Crippen LogP contribution in [0.4, 0.5) is 13.2 Å². The summed E-state index contributed by atoms with van der Waals surface area (Å²) in [4.78, 5) is 23.7. The van der Waals surface area contributed by atoms with E-state index in [9.17, 15) is 22.8 Å². The predicted molar refractivity (Wildman–Crippen MR) is 43.4 cm³/mol. The van der Waals surface area contributed by atoms with E-state index in [-0.39, 0.29) is 0 Å². The molecule has 0 amide bonds. The number of rotatable bonds is 1. The van der Waals surface area contributed by atoms with Gasteiger partial charge in [-0.1, -0.05) is 0 Å². The zero-order valence-corrected chi connectivity index (χ0v) is 7.51. The molecule has 0 bridgehead atoms. The Morgan fingerprint density at radius 2 is 2.07 bits per heavy atom. The molecule has 1 rings (SSSR count). The van der Waals surface area contributed by atoms with E-state index < -0.39 is 28.8 Å². The fourth-order valence-electron chi connectivity index (χ4n) is 0.909. The Labute approximate surface area is 81.7 Å². The third-order valence-electron chi connectivity index (χ3n) is 1.64. The molecule has 1 aromatic rings. The van der Waals surface area contributed by atoms with Crippen LogP contribution in [0.25, 0.3) is 0 Å². The molecular formula is C8H6F3NO3. The van der Waals surface area contributed by atoms with Crippen molar-refractivity contribution in [3.05, 3.63) is 33.7 Å². The van der Waals surface area contributed by atoms with Gasteiger partial charge in [0.25, 0.3) is 5.56 Å². The zero-order chi connectivity index (χ0) is 11.6. The second-order valence-electron chi connectivity index (χ2n) is 2.62. The van der Waals surface area contributed by atoms with Gasteiger partial charge in [0.05, 0.1) is 12.7 Å². The first-order chi connectivity index (χ1) is 6.86. The number of H-pyrrole nitrogens is 1. The van der Waals surface area contributed by atoms with Crippen LogP contribution in [0.5, 0.6) is 0 Å². The van der Waals surface area contributed by atoms with Crippen molar-refractivity contribution in [3.8, 4) is 0 Å². The molecule has 0 aromatic carbocycles. The summed E-state index contributed by atoms with van der Waals surface area (Å²) in [5.74, 6) is -1.11. The van der Waals surface area contributed by atoms with Crippen LogP contribution in [-0.2, 0) is 10.9 Å². The minimum absolute atomic E-state index is 0.449. The lowest BCUT2D eigenvalue weighted by atomic mass is 10.2. The molecule has 0 saturated carbocycles. The van der Waals surface area contributed by atoms with Gasteiger partial charge in [0, 0.05) is 6.20 Å². The van der Waals surface area contributed by atoms with E-state index in [0.717, 1.165) is 7.11 Å². The van der Waals surface area contributed by atoms with Crippen molar-refractivity contribution in [2.75, 3.05) is 7.11 Å². The zero-order valence-electron chi connectivity index (χ0n) is 7.51. The number of halogens is 3. The van der Waals surface area contributed by atoms with Gasteiger partial charge in [-0.3, -0.25) is 4.79 Å². The number of esters is 1. The molecule has 0 unspecified atom stereocenters. The van der Waals surface area contributed by atoms with Gasteiger partial charge < -0.3 is 9.72 Å². The monoisotopic (exact) mass is 221 g/mol. The quantitative estimate of drug-likeness (QED) is 0.724. The smallest absolute Gasteiger partial charge is 0.417 e. The van der Waals surface area contributed by atoms with Crippen LogP contribution in [-0.4, -0.2) is 18.1 Å². The number of aromatic amines is 1. The fraction of sp³-hybridized carbons (Fsp3) is 0.250. The van der Waals surface area contributed by atoms with E-state index in [2.05, 4.69) is 4.74 Å². The number of pyridine rings is 1. The number of nitrogens with one attached hydrogen (secondary N) is 1. The summed E-state index contributed by atoms with van der Waals surface area (Å²) in [5, 5.41) is 0. The van der Waals surface area contributed by atoms with E-state index in [1.807, 2.05) is 4.98 Å². The molecule has 0 spiro atoms. The second kappa shape index (κ2) is 3.76. The topological polar surface area (TPSA) is 59.2 Å². The van der Waals surface area contributed by atoms with Crippen molar-refractivity contribution in [3.63, 3.8) is 0 Å². The van der Waals surface area contributed by atoms with Crippen LogP contribution < -0.4 is 5.56 Å². The molecule has 1 N–H and O–H groups in total. The highest BCUT2D eigenvalue weighted by Gasteiger charge is 2.32. The van der Waals surface area contributed by atoms with Crippen LogP contribution in [0, 0.1) is 0 Å². The van der Waals surface area contributed by atoms with Gasteiger partial charge in [0.15, 0.2) is 0 Å². The third kappa shape index (κ3) is 2.36. The van der Waals surface area contributed by atoms with Gasteiger partial charge in [-0.15, -0.1) is 0 Å². The Morgan fingerprint density at radius 3 is 2.53 bits per heavy atom. The maximum absolute atomic E-state index is 12.2. The molecule has 0 aliphatic rings. The van der Waals surface area contributed by atoms with Crippen molar-refractivity contribution in [1.29, 1.82) is 0 Å². The summed E-state index contributed by atoms with van der Waals surface area (Å²) in [5.41, 5.74) is -2.70.